The molecule has 0 aromatic heterocycles. The molecule has 0 aromatic rings. The van der Waals surface area contributed by atoms with Crippen LogP contribution in [0.3, 0.4) is 0 Å². The Morgan fingerprint density at radius 1 is 0.309 bits per heavy atom. The van der Waals surface area contributed by atoms with Crippen LogP contribution in [-0.4, -0.2) is 37.2 Å². The van der Waals surface area contributed by atoms with Gasteiger partial charge in [0.25, 0.3) is 0 Å². The first-order valence-corrected chi connectivity index (χ1v) is 27.5. The average molecular weight is 941 g/mol. The molecule has 1 atom stereocenters. The number of unbranched alkanes of at least 4 members (excludes halogenated alkanes) is 17. The number of hydrogen-bond donors (Lipinski definition) is 0. The van der Waals surface area contributed by atoms with Gasteiger partial charge in [-0.3, -0.25) is 14.4 Å². The number of hydrogen-bond acceptors (Lipinski definition) is 6. The van der Waals surface area contributed by atoms with Crippen molar-refractivity contribution in [2.45, 2.75) is 239 Å². The van der Waals surface area contributed by atoms with Crippen LogP contribution >= 0.6 is 0 Å². The van der Waals surface area contributed by atoms with E-state index in [1.165, 1.54) is 57.8 Å². The van der Waals surface area contributed by atoms with Gasteiger partial charge in [-0.1, -0.05) is 206 Å². The van der Waals surface area contributed by atoms with Crippen molar-refractivity contribution in [1.29, 1.82) is 0 Å². The van der Waals surface area contributed by atoms with Gasteiger partial charge in [0.2, 0.25) is 0 Å². The summed E-state index contributed by atoms with van der Waals surface area (Å²) in [4.78, 5) is 38.1. The molecular formula is C62H100O6. The van der Waals surface area contributed by atoms with Gasteiger partial charge in [0.15, 0.2) is 6.10 Å². The van der Waals surface area contributed by atoms with Crippen molar-refractivity contribution in [3.8, 4) is 0 Å². The van der Waals surface area contributed by atoms with Gasteiger partial charge in [-0.2, -0.15) is 0 Å². The summed E-state index contributed by atoms with van der Waals surface area (Å²) >= 11 is 0. The molecular weight excluding hydrogens is 841 g/mol. The summed E-state index contributed by atoms with van der Waals surface area (Å²) in [5.41, 5.74) is 0. The Kier molecular flexibility index (Phi) is 52.0. The van der Waals surface area contributed by atoms with Gasteiger partial charge < -0.3 is 14.2 Å². The van der Waals surface area contributed by atoms with Crippen molar-refractivity contribution in [3.05, 3.63) is 122 Å². The molecule has 1 unspecified atom stereocenters. The molecule has 0 bridgehead atoms. The lowest BCUT2D eigenvalue weighted by Gasteiger charge is -2.18. The topological polar surface area (TPSA) is 78.9 Å². The Morgan fingerprint density at radius 2 is 0.574 bits per heavy atom. The van der Waals surface area contributed by atoms with E-state index in [9.17, 15) is 14.4 Å². The number of esters is 3. The molecule has 0 spiro atoms. The Morgan fingerprint density at radius 3 is 0.941 bits per heavy atom. The predicted octanol–water partition coefficient (Wildman–Crippen LogP) is 18.5. The standard InChI is InChI=1S/C62H100O6/c1-4-7-10-13-16-19-22-25-27-29-30-31-32-34-35-37-40-43-46-49-52-55-61(64)67-58-59(57-66-60(63)54-51-48-45-42-39-24-21-18-15-12-9-6-3)68-62(65)56-53-50-47-44-41-38-36-33-28-26-23-20-17-14-11-8-5-2/h7-8,10-11,16-21,25-28,30-31,34-35,40,43,59H,4-6,9,12-15,22-24,29,32-33,36-39,41-42,44-58H2,1-3H3/b10-7-,11-8-,19-16-,20-17-,21-18-,27-25-,28-26-,31-30-,35-34-,43-40-. The quantitative estimate of drug-likeness (QED) is 0.0262. The second-order valence-electron chi connectivity index (χ2n) is 17.7. The molecule has 384 valence electrons. The summed E-state index contributed by atoms with van der Waals surface area (Å²) < 4.78 is 16.8. The minimum absolute atomic E-state index is 0.104. The Bertz CT molecular complexity index is 1450. The third-order valence-corrected chi connectivity index (χ3v) is 11.2. The van der Waals surface area contributed by atoms with Gasteiger partial charge in [-0.05, 0) is 128 Å². The van der Waals surface area contributed by atoms with Crippen LogP contribution in [0.2, 0.25) is 0 Å². The third kappa shape index (κ3) is 52.8. The molecule has 6 nitrogen and oxygen atoms in total. The lowest BCUT2D eigenvalue weighted by Crippen LogP contribution is -2.30. The fourth-order valence-electron chi connectivity index (χ4n) is 7.10. The molecule has 0 radical (unpaired) electrons. The number of rotatable bonds is 48. The van der Waals surface area contributed by atoms with E-state index < -0.39 is 6.10 Å². The molecule has 0 N–H and O–H groups in total. The van der Waals surface area contributed by atoms with Gasteiger partial charge >= 0.3 is 17.9 Å². The van der Waals surface area contributed by atoms with Crippen molar-refractivity contribution < 1.29 is 28.6 Å². The molecule has 0 rings (SSSR count). The van der Waals surface area contributed by atoms with E-state index in [1.54, 1.807) is 0 Å². The first-order valence-electron chi connectivity index (χ1n) is 27.5. The summed E-state index contributed by atoms with van der Waals surface area (Å²) in [7, 11) is 0. The lowest BCUT2D eigenvalue weighted by molar-refractivity contribution is -0.167. The summed E-state index contributed by atoms with van der Waals surface area (Å²) in [5.74, 6) is -0.972. The monoisotopic (exact) mass is 941 g/mol. The SMILES string of the molecule is CC/C=C\C/C=C\C/C=C\C/C=C\C/C=C\C/C=C\CCCCC(=O)OCC(COC(=O)CCCCCCC/C=C\CCCCC)OC(=O)CCCCCCCCC/C=C\C/C=C\C/C=C\CC. The van der Waals surface area contributed by atoms with E-state index in [1.807, 2.05) is 0 Å². The summed E-state index contributed by atoms with van der Waals surface area (Å²) in [5, 5.41) is 0. The van der Waals surface area contributed by atoms with Crippen LogP contribution in [0.4, 0.5) is 0 Å². The molecule has 6 heteroatoms. The number of carbonyl (C=O) groups excluding carboxylic acids is 3. The normalized spacial score (nSPS) is 13.0. The van der Waals surface area contributed by atoms with Crippen molar-refractivity contribution in [2.75, 3.05) is 13.2 Å². The molecule has 0 fully saturated rings. The largest absolute Gasteiger partial charge is 0.462 e. The first kappa shape index (κ1) is 63.8. The third-order valence-electron chi connectivity index (χ3n) is 11.2. The van der Waals surface area contributed by atoms with Gasteiger partial charge in [0, 0.05) is 19.3 Å². The maximum absolute atomic E-state index is 12.8. The van der Waals surface area contributed by atoms with Crippen molar-refractivity contribution in [1.82, 2.24) is 0 Å². The molecule has 0 saturated carbocycles. The molecule has 0 saturated heterocycles. The summed E-state index contributed by atoms with van der Waals surface area (Å²) in [6.07, 6.45) is 76.1. The zero-order chi connectivity index (χ0) is 49.3. The Labute approximate surface area is 418 Å². The van der Waals surface area contributed by atoms with Crippen LogP contribution in [-0.2, 0) is 28.6 Å². The minimum Gasteiger partial charge on any atom is -0.462 e. The van der Waals surface area contributed by atoms with Crippen LogP contribution in [0.25, 0.3) is 0 Å². The minimum atomic E-state index is -0.808. The number of carbonyl (C=O) groups is 3. The molecule has 0 aliphatic heterocycles. The Balaban J connectivity index is 4.49. The number of allylic oxidation sites excluding steroid dienone is 20. The van der Waals surface area contributed by atoms with Gasteiger partial charge in [-0.25, -0.2) is 0 Å². The Hall–Kier alpha value is -4.19. The van der Waals surface area contributed by atoms with Crippen LogP contribution in [0.1, 0.15) is 233 Å². The fraction of sp³-hybridized carbons (Fsp3) is 0.629. The highest BCUT2D eigenvalue weighted by molar-refractivity contribution is 5.71. The molecule has 0 heterocycles. The van der Waals surface area contributed by atoms with E-state index in [2.05, 4.69) is 142 Å². The summed E-state index contributed by atoms with van der Waals surface area (Å²) in [6.45, 7) is 6.33. The first-order chi connectivity index (χ1) is 33.5. The maximum atomic E-state index is 12.8. The lowest BCUT2D eigenvalue weighted by atomic mass is 10.1. The van der Waals surface area contributed by atoms with Crippen molar-refractivity contribution in [3.63, 3.8) is 0 Å². The van der Waals surface area contributed by atoms with Crippen molar-refractivity contribution in [2.24, 2.45) is 0 Å². The van der Waals surface area contributed by atoms with Crippen LogP contribution < -0.4 is 0 Å². The van der Waals surface area contributed by atoms with E-state index >= 15 is 0 Å². The molecule has 0 aliphatic rings. The van der Waals surface area contributed by atoms with Crippen LogP contribution in [0.15, 0.2) is 122 Å². The maximum Gasteiger partial charge on any atom is 0.306 e. The van der Waals surface area contributed by atoms with E-state index in [-0.39, 0.29) is 31.1 Å². The highest BCUT2D eigenvalue weighted by Gasteiger charge is 2.19. The van der Waals surface area contributed by atoms with Crippen LogP contribution in [0, 0.1) is 0 Å². The smallest absolute Gasteiger partial charge is 0.306 e. The molecule has 68 heavy (non-hydrogen) atoms. The molecule has 0 aliphatic carbocycles. The van der Waals surface area contributed by atoms with Crippen molar-refractivity contribution >= 4 is 17.9 Å². The van der Waals surface area contributed by atoms with Crippen LogP contribution in [0.5, 0.6) is 0 Å². The zero-order valence-electron chi connectivity index (χ0n) is 43.8. The molecule has 0 aromatic carbocycles. The highest BCUT2D eigenvalue weighted by atomic mass is 16.6. The predicted molar refractivity (Wildman–Crippen MR) is 293 cm³/mol. The zero-order valence-corrected chi connectivity index (χ0v) is 43.8. The number of ether oxygens (including phenoxy) is 3. The van der Waals surface area contributed by atoms with Gasteiger partial charge in [0.1, 0.15) is 13.2 Å². The molecule has 0 amide bonds. The van der Waals surface area contributed by atoms with Gasteiger partial charge in [0.05, 0.1) is 0 Å². The fourth-order valence-corrected chi connectivity index (χ4v) is 7.10. The van der Waals surface area contributed by atoms with E-state index in [0.29, 0.717) is 25.7 Å². The van der Waals surface area contributed by atoms with E-state index in [0.717, 1.165) is 128 Å². The second-order valence-corrected chi connectivity index (χ2v) is 17.7. The van der Waals surface area contributed by atoms with E-state index in [4.69, 9.17) is 14.2 Å². The summed E-state index contributed by atoms with van der Waals surface area (Å²) in [6, 6.07) is 0. The average Bonchev–Trinajstić information content (AvgIpc) is 3.34. The highest BCUT2D eigenvalue weighted by Crippen LogP contribution is 2.13. The second kappa shape index (κ2) is 55.4. The van der Waals surface area contributed by atoms with Gasteiger partial charge in [-0.15, -0.1) is 0 Å².